The Kier molecular flexibility index (Phi) is 5.05. The van der Waals surface area contributed by atoms with E-state index < -0.39 is 0 Å². The van der Waals surface area contributed by atoms with Crippen molar-refractivity contribution in [3.8, 4) is 0 Å². The van der Waals surface area contributed by atoms with Gasteiger partial charge in [-0.05, 0) is 6.92 Å². The van der Waals surface area contributed by atoms with E-state index >= 15 is 0 Å². The molecule has 108 valence electrons. The first-order chi connectivity index (χ1) is 9.72. The van der Waals surface area contributed by atoms with E-state index in [9.17, 15) is 4.79 Å². The number of hydrogen-bond donors (Lipinski definition) is 1. The SMILES string of the molecule is CCn1cnnc1CNc1nc(CCC(=O)OC)cs1. The summed E-state index contributed by atoms with van der Waals surface area (Å²) in [5.74, 6) is 0.655. The Bertz CT molecular complexity index is 566. The number of hydrogen-bond acceptors (Lipinski definition) is 7. The highest BCUT2D eigenvalue weighted by Gasteiger charge is 2.07. The summed E-state index contributed by atoms with van der Waals surface area (Å²) in [5.41, 5.74) is 0.889. The van der Waals surface area contributed by atoms with Gasteiger partial charge in [-0.3, -0.25) is 4.79 Å². The van der Waals surface area contributed by atoms with Crippen LogP contribution in [0.15, 0.2) is 11.7 Å². The molecule has 2 heterocycles. The van der Waals surface area contributed by atoms with Gasteiger partial charge in [0.2, 0.25) is 0 Å². The Morgan fingerprint density at radius 1 is 1.55 bits per heavy atom. The number of carbonyl (C=O) groups is 1. The lowest BCUT2D eigenvalue weighted by atomic mass is 10.2. The monoisotopic (exact) mass is 295 g/mol. The second kappa shape index (κ2) is 6.99. The predicted molar refractivity (Wildman–Crippen MR) is 75.5 cm³/mol. The number of esters is 1. The summed E-state index contributed by atoms with van der Waals surface area (Å²) in [7, 11) is 1.39. The molecule has 0 saturated carbocycles. The molecule has 0 aliphatic carbocycles. The van der Waals surface area contributed by atoms with Crippen LogP contribution in [0.3, 0.4) is 0 Å². The molecule has 0 fully saturated rings. The molecule has 20 heavy (non-hydrogen) atoms. The Hall–Kier alpha value is -1.96. The van der Waals surface area contributed by atoms with Crippen LogP contribution < -0.4 is 5.32 Å². The first-order valence-corrected chi connectivity index (χ1v) is 7.22. The van der Waals surface area contributed by atoms with E-state index in [1.165, 1.54) is 18.4 Å². The number of carbonyl (C=O) groups excluding carboxylic acids is 1. The number of aryl methyl sites for hydroxylation is 2. The van der Waals surface area contributed by atoms with Gasteiger partial charge in [0.15, 0.2) is 11.0 Å². The second-order valence-corrected chi connectivity index (χ2v) is 4.96. The molecule has 0 bridgehead atoms. The van der Waals surface area contributed by atoms with Crippen LogP contribution in [0.25, 0.3) is 0 Å². The molecule has 2 rings (SSSR count). The topological polar surface area (TPSA) is 81.9 Å². The van der Waals surface area contributed by atoms with Gasteiger partial charge < -0.3 is 14.6 Å². The minimum absolute atomic E-state index is 0.219. The first-order valence-electron chi connectivity index (χ1n) is 6.34. The minimum atomic E-state index is -0.219. The fraction of sp³-hybridized carbons (Fsp3) is 0.500. The molecule has 0 aromatic carbocycles. The number of thiazole rings is 1. The molecule has 8 heteroatoms. The molecule has 0 spiro atoms. The van der Waals surface area contributed by atoms with Crippen molar-refractivity contribution in [2.24, 2.45) is 0 Å². The molecule has 1 N–H and O–H groups in total. The maximum Gasteiger partial charge on any atom is 0.305 e. The molecule has 0 aliphatic rings. The van der Waals surface area contributed by atoms with Crippen LogP contribution in [0, 0.1) is 0 Å². The number of rotatable bonds is 7. The van der Waals surface area contributed by atoms with Gasteiger partial charge in [-0.15, -0.1) is 21.5 Å². The summed E-state index contributed by atoms with van der Waals surface area (Å²) in [6.45, 7) is 3.46. The lowest BCUT2D eigenvalue weighted by molar-refractivity contribution is -0.140. The molecule has 0 unspecified atom stereocenters. The Labute approximate surface area is 121 Å². The zero-order valence-electron chi connectivity index (χ0n) is 11.5. The largest absolute Gasteiger partial charge is 0.469 e. The lowest BCUT2D eigenvalue weighted by Crippen LogP contribution is -2.07. The quantitative estimate of drug-likeness (QED) is 0.779. The van der Waals surface area contributed by atoms with E-state index in [-0.39, 0.29) is 5.97 Å². The molecule has 0 atom stereocenters. The van der Waals surface area contributed by atoms with Gasteiger partial charge in [-0.2, -0.15) is 0 Å². The lowest BCUT2D eigenvalue weighted by Gasteiger charge is -2.03. The van der Waals surface area contributed by atoms with E-state index in [1.807, 2.05) is 16.9 Å². The number of nitrogens with zero attached hydrogens (tertiary/aromatic N) is 4. The third kappa shape index (κ3) is 3.77. The fourth-order valence-electron chi connectivity index (χ4n) is 1.67. The summed E-state index contributed by atoms with van der Waals surface area (Å²) in [6, 6.07) is 0. The highest BCUT2D eigenvalue weighted by molar-refractivity contribution is 7.13. The van der Waals surface area contributed by atoms with Gasteiger partial charge in [0, 0.05) is 18.3 Å². The third-order valence-electron chi connectivity index (χ3n) is 2.80. The molecule has 0 amide bonds. The molecule has 0 aliphatic heterocycles. The van der Waals surface area contributed by atoms with Gasteiger partial charge in [0.05, 0.1) is 25.8 Å². The summed E-state index contributed by atoms with van der Waals surface area (Å²) in [5, 5.41) is 13.9. The van der Waals surface area contributed by atoms with Crippen LogP contribution in [0.5, 0.6) is 0 Å². The van der Waals surface area contributed by atoms with E-state index in [1.54, 1.807) is 6.33 Å². The van der Waals surface area contributed by atoms with Gasteiger partial charge in [0.25, 0.3) is 0 Å². The average Bonchev–Trinajstić information content (AvgIpc) is 3.10. The van der Waals surface area contributed by atoms with Crippen LogP contribution in [-0.2, 0) is 29.0 Å². The normalized spacial score (nSPS) is 10.5. The molecule has 0 saturated heterocycles. The summed E-state index contributed by atoms with van der Waals surface area (Å²) >= 11 is 1.51. The maximum absolute atomic E-state index is 11.1. The smallest absolute Gasteiger partial charge is 0.305 e. The van der Waals surface area contributed by atoms with Crippen molar-refractivity contribution >= 4 is 22.4 Å². The number of methoxy groups -OCH3 is 1. The van der Waals surface area contributed by atoms with Crippen LogP contribution >= 0.6 is 11.3 Å². The third-order valence-corrected chi connectivity index (χ3v) is 3.65. The van der Waals surface area contributed by atoms with Gasteiger partial charge in [0.1, 0.15) is 6.33 Å². The van der Waals surface area contributed by atoms with Crippen molar-refractivity contribution in [3.63, 3.8) is 0 Å². The number of anilines is 1. The highest BCUT2D eigenvalue weighted by atomic mass is 32.1. The van der Waals surface area contributed by atoms with Crippen molar-refractivity contribution in [2.45, 2.75) is 32.9 Å². The van der Waals surface area contributed by atoms with Crippen molar-refractivity contribution in [1.82, 2.24) is 19.7 Å². The van der Waals surface area contributed by atoms with E-state index in [0.717, 1.165) is 23.2 Å². The van der Waals surface area contributed by atoms with Crippen LogP contribution in [-0.4, -0.2) is 32.8 Å². The number of aromatic nitrogens is 4. The maximum atomic E-state index is 11.1. The van der Waals surface area contributed by atoms with Crippen molar-refractivity contribution in [2.75, 3.05) is 12.4 Å². The standard InChI is InChI=1S/C12H17N5O2S/c1-3-17-8-14-16-10(17)6-13-12-15-9(7-20-12)4-5-11(18)19-2/h7-8H,3-6H2,1-2H3,(H,13,15). The second-order valence-electron chi connectivity index (χ2n) is 4.11. The van der Waals surface area contributed by atoms with E-state index in [0.29, 0.717) is 19.4 Å². The van der Waals surface area contributed by atoms with E-state index in [2.05, 4.69) is 25.2 Å². The Morgan fingerprint density at radius 3 is 3.15 bits per heavy atom. The van der Waals surface area contributed by atoms with Crippen molar-refractivity contribution in [3.05, 3.63) is 23.2 Å². The number of nitrogens with one attached hydrogen (secondary N) is 1. The molecule has 2 aromatic heterocycles. The summed E-state index contributed by atoms with van der Waals surface area (Å²) < 4.78 is 6.57. The summed E-state index contributed by atoms with van der Waals surface area (Å²) in [4.78, 5) is 15.5. The minimum Gasteiger partial charge on any atom is -0.469 e. The molecule has 0 radical (unpaired) electrons. The first kappa shape index (κ1) is 14.4. The predicted octanol–water partition coefficient (Wildman–Crippen LogP) is 1.47. The zero-order valence-corrected chi connectivity index (χ0v) is 12.3. The summed E-state index contributed by atoms with van der Waals surface area (Å²) in [6.07, 6.45) is 2.65. The van der Waals surface area contributed by atoms with E-state index in [4.69, 9.17) is 0 Å². The van der Waals surface area contributed by atoms with Crippen LogP contribution in [0.1, 0.15) is 24.9 Å². The molecule has 2 aromatic rings. The molecule has 7 nitrogen and oxygen atoms in total. The Balaban J connectivity index is 1.85. The fourth-order valence-corrected chi connectivity index (χ4v) is 2.41. The molecular formula is C12H17N5O2S. The zero-order chi connectivity index (χ0) is 14.4. The van der Waals surface area contributed by atoms with Crippen LogP contribution in [0.4, 0.5) is 5.13 Å². The Morgan fingerprint density at radius 2 is 2.40 bits per heavy atom. The van der Waals surface area contributed by atoms with Gasteiger partial charge >= 0.3 is 5.97 Å². The van der Waals surface area contributed by atoms with Gasteiger partial charge in [-0.25, -0.2) is 4.98 Å². The highest BCUT2D eigenvalue weighted by Crippen LogP contribution is 2.17. The molecular weight excluding hydrogens is 278 g/mol. The average molecular weight is 295 g/mol. The van der Waals surface area contributed by atoms with Gasteiger partial charge in [-0.1, -0.05) is 0 Å². The van der Waals surface area contributed by atoms with Crippen LogP contribution in [0.2, 0.25) is 0 Å². The van der Waals surface area contributed by atoms with Crippen molar-refractivity contribution in [1.29, 1.82) is 0 Å². The van der Waals surface area contributed by atoms with Crippen molar-refractivity contribution < 1.29 is 9.53 Å². The number of ether oxygens (including phenoxy) is 1.